The van der Waals surface area contributed by atoms with Crippen LogP contribution in [0.15, 0.2) is 36.7 Å². The number of hydrogen-bond acceptors (Lipinski definition) is 3. The van der Waals surface area contributed by atoms with Crippen molar-refractivity contribution in [3.05, 3.63) is 64.5 Å². The molecule has 6 nitrogen and oxygen atoms in total. The highest BCUT2D eigenvalue weighted by Gasteiger charge is 2.21. The van der Waals surface area contributed by atoms with Crippen molar-refractivity contribution in [1.82, 2.24) is 24.9 Å². The van der Waals surface area contributed by atoms with Crippen LogP contribution in [-0.4, -0.2) is 25.5 Å². The fourth-order valence-electron chi connectivity index (χ4n) is 2.56. The molecule has 0 aliphatic heterocycles. The minimum Gasteiger partial charge on any atom is -0.344 e. The fourth-order valence-corrected chi connectivity index (χ4v) is 2.80. The highest BCUT2D eigenvalue weighted by molar-refractivity contribution is 6.34. The highest BCUT2D eigenvalue weighted by Crippen LogP contribution is 2.21. The van der Waals surface area contributed by atoms with Crippen molar-refractivity contribution in [1.29, 1.82) is 0 Å². The second-order valence-electron chi connectivity index (χ2n) is 5.74. The predicted octanol–water partition coefficient (Wildman–Crippen LogP) is 3.20. The van der Waals surface area contributed by atoms with Gasteiger partial charge in [0.05, 0.1) is 23.0 Å². The van der Waals surface area contributed by atoms with Gasteiger partial charge in [0.2, 0.25) is 0 Å². The molecule has 0 saturated carbocycles. The topological polar surface area (TPSA) is 64.7 Å². The van der Waals surface area contributed by atoms with E-state index in [1.807, 2.05) is 6.92 Å². The molecule has 0 bridgehead atoms. The summed E-state index contributed by atoms with van der Waals surface area (Å²) in [5.74, 6) is -0.703. The molecule has 1 amide bonds. The number of para-hydroxylation sites is 1. The minimum atomic E-state index is -0.369. The number of benzene rings is 1. The summed E-state index contributed by atoms with van der Waals surface area (Å²) in [5.41, 5.74) is 1.98. The number of halogens is 2. The SMILES string of the molecule is Cc1nn(C)c(C(=O)NC(C)c2cnn(-c3ccccc3F)c2)c1Cl. The Morgan fingerprint density at radius 3 is 2.72 bits per heavy atom. The molecule has 2 aromatic heterocycles. The molecule has 1 unspecified atom stereocenters. The molecule has 0 fully saturated rings. The largest absolute Gasteiger partial charge is 0.344 e. The molecule has 3 aromatic rings. The molecule has 2 heterocycles. The number of carbonyl (C=O) groups is 1. The van der Waals surface area contributed by atoms with Gasteiger partial charge in [0.15, 0.2) is 0 Å². The first-order chi connectivity index (χ1) is 11.9. The van der Waals surface area contributed by atoms with Gasteiger partial charge in [0.1, 0.15) is 17.2 Å². The van der Waals surface area contributed by atoms with Crippen LogP contribution >= 0.6 is 11.6 Å². The van der Waals surface area contributed by atoms with Gasteiger partial charge in [-0.2, -0.15) is 10.2 Å². The number of nitrogens with one attached hydrogen (secondary N) is 1. The fraction of sp³-hybridized carbons (Fsp3) is 0.235. The predicted molar refractivity (Wildman–Crippen MR) is 92.4 cm³/mol. The van der Waals surface area contributed by atoms with Crippen LogP contribution in [0.1, 0.15) is 34.7 Å². The van der Waals surface area contributed by atoms with Gasteiger partial charge >= 0.3 is 0 Å². The van der Waals surface area contributed by atoms with Gasteiger partial charge in [-0.3, -0.25) is 9.48 Å². The van der Waals surface area contributed by atoms with Crippen LogP contribution in [0.3, 0.4) is 0 Å². The van der Waals surface area contributed by atoms with E-state index in [2.05, 4.69) is 15.5 Å². The molecule has 1 atom stereocenters. The molecule has 3 rings (SSSR count). The first-order valence-electron chi connectivity index (χ1n) is 7.68. The van der Waals surface area contributed by atoms with Crippen molar-refractivity contribution < 1.29 is 9.18 Å². The molecule has 0 aliphatic rings. The van der Waals surface area contributed by atoms with Crippen LogP contribution in [0.5, 0.6) is 0 Å². The smallest absolute Gasteiger partial charge is 0.271 e. The summed E-state index contributed by atoms with van der Waals surface area (Å²) in [5, 5.41) is 11.5. The van der Waals surface area contributed by atoms with E-state index in [0.717, 1.165) is 5.56 Å². The number of nitrogens with zero attached hydrogens (tertiary/aromatic N) is 4. The van der Waals surface area contributed by atoms with Crippen LogP contribution in [-0.2, 0) is 7.05 Å². The summed E-state index contributed by atoms with van der Waals surface area (Å²) in [7, 11) is 1.66. The first-order valence-corrected chi connectivity index (χ1v) is 8.05. The van der Waals surface area contributed by atoms with Gasteiger partial charge in [-0.05, 0) is 26.0 Å². The molecule has 130 valence electrons. The minimum absolute atomic E-state index is 0.299. The molecule has 1 aromatic carbocycles. The van der Waals surface area contributed by atoms with Crippen LogP contribution in [0.25, 0.3) is 5.69 Å². The van der Waals surface area contributed by atoms with E-state index in [4.69, 9.17) is 11.6 Å². The summed E-state index contributed by atoms with van der Waals surface area (Å²) < 4.78 is 16.7. The lowest BCUT2D eigenvalue weighted by Crippen LogP contribution is -2.28. The summed E-state index contributed by atoms with van der Waals surface area (Å²) in [6.07, 6.45) is 3.27. The van der Waals surface area contributed by atoms with E-state index in [-0.39, 0.29) is 17.8 Å². The van der Waals surface area contributed by atoms with Gasteiger partial charge < -0.3 is 5.32 Å². The number of aryl methyl sites for hydroxylation is 2. The van der Waals surface area contributed by atoms with Gasteiger partial charge in [-0.1, -0.05) is 23.7 Å². The van der Waals surface area contributed by atoms with Gasteiger partial charge in [-0.15, -0.1) is 0 Å². The van der Waals surface area contributed by atoms with Crippen LogP contribution < -0.4 is 5.32 Å². The Bertz CT molecular complexity index is 933. The Labute approximate surface area is 149 Å². The lowest BCUT2D eigenvalue weighted by Gasteiger charge is -2.12. The Morgan fingerprint density at radius 1 is 1.36 bits per heavy atom. The maximum Gasteiger partial charge on any atom is 0.271 e. The second-order valence-corrected chi connectivity index (χ2v) is 6.11. The standard InChI is InChI=1S/C17H17ClFN5O/c1-10(21-17(25)16-15(18)11(2)22-23(16)3)12-8-20-24(9-12)14-7-5-4-6-13(14)19/h4-10H,1-3H3,(H,21,25). The second kappa shape index (κ2) is 6.68. The van der Waals surface area contributed by atoms with E-state index < -0.39 is 0 Å². The number of amides is 1. The molecule has 0 aliphatic carbocycles. The number of aromatic nitrogens is 4. The Morgan fingerprint density at radius 2 is 2.08 bits per heavy atom. The zero-order chi connectivity index (χ0) is 18.1. The van der Waals surface area contributed by atoms with Crippen molar-refractivity contribution in [3.63, 3.8) is 0 Å². The van der Waals surface area contributed by atoms with Gasteiger partial charge in [0, 0.05) is 18.8 Å². The zero-order valence-electron chi connectivity index (χ0n) is 14.0. The normalized spacial score (nSPS) is 12.2. The third-order valence-electron chi connectivity index (χ3n) is 3.91. The molecule has 8 heteroatoms. The lowest BCUT2D eigenvalue weighted by molar-refractivity contribution is 0.0930. The number of hydrogen-bond donors (Lipinski definition) is 1. The summed E-state index contributed by atoms with van der Waals surface area (Å²) >= 11 is 6.14. The molecular formula is C17H17ClFN5O. The van der Waals surface area contributed by atoms with E-state index in [0.29, 0.717) is 22.1 Å². The quantitative estimate of drug-likeness (QED) is 0.776. The maximum atomic E-state index is 13.9. The van der Waals surface area contributed by atoms with Crippen molar-refractivity contribution in [3.8, 4) is 5.69 Å². The van der Waals surface area contributed by atoms with E-state index in [9.17, 15) is 9.18 Å². The number of carbonyl (C=O) groups excluding carboxylic acids is 1. The molecular weight excluding hydrogens is 345 g/mol. The molecule has 25 heavy (non-hydrogen) atoms. The summed E-state index contributed by atoms with van der Waals surface area (Å²) in [4.78, 5) is 12.5. The lowest BCUT2D eigenvalue weighted by atomic mass is 10.2. The monoisotopic (exact) mass is 361 g/mol. The van der Waals surface area contributed by atoms with Gasteiger partial charge in [-0.25, -0.2) is 9.07 Å². The molecule has 0 saturated heterocycles. The third kappa shape index (κ3) is 3.28. The van der Waals surface area contributed by atoms with Crippen molar-refractivity contribution in [2.75, 3.05) is 0 Å². The van der Waals surface area contributed by atoms with Crippen molar-refractivity contribution in [2.24, 2.45) is 7.05 Å². The van der Waals surface area contributed by atoms with Crippen molar-refractivity contribution >= 4 is 17.5 Å². The molecule has 1 N–H and O–H groups in total. The van der Waals surface area contributed by atoms with Crippen LogP contribution in [0.4, 0.5) is 4.39 Å². The van der Waals surface area contributed by atoms with E-state index >= 15 is 0 Å². The maximum absolute atomic E-state index is 13.9. The number of rotatable bonds is 4. The summed E-state index contributed by atoms with van der Waals surface area (Å²) in [6.45, 7) is 3.55. The zero-order valence-corrected chi connectivity index (χ0v) is 14.8. The van der Waals surface area contributed by atoms with Crippen LogP contribution in [0.2, 0.25) is 5.02 Å². The third-order valence-corrected chi connectivity index (χ3v) is 4.37. The van der Waals surface area contributed by atoms with E-state index in [1.54, 1.807) is 44.6 Å². The Hall–Kier alpha value is -2.67. The Kier molecular flexibility index (Phi) is 4.59. The van der Waals surface area contributed by atoms with E-state index in [1.165, 1.54) is 15.4 Å². The molecule has 0 spiro atoms. The average molecular weight is 362 g/mol. The average Bonchev–Trinajstić information content (AvgIpc) is 3.13. The van der Waals surface area contributed by atoms with Crippen LogP contribution in [0, 0.1) is 12.7 Å². The summed E-state index contributed by atoms with van der Waals surface area (Å²) in [6, 6.07) is 6.02. The molecule has 0 radical (unpaired) electrons. The van der Waals surface area contributed by atoms with Gasteiger partial charge in [0.25, 0.3) is 5.91 Å². The van der Waals surface area contributed by atoms with Crippen molar-refractivity contribution in [2.45, 2.75) is 19.9 Å². The Balaban J connectivity index is 1.79. The first kappa shape index (κ1) is 17.2. The highest BCUT2D eigenvalue weighted by atomic mass is 35.5.